The molecule has 0 radical (unpaired) electrons. The van der Waals surface area contributed by atoms with Gasteiger partial charge in [0.2, 0.25) is 0 Å². The first kappa shape index (κ1) is 12.2. The summed E-state index contributed by atoms with van der Waals surface area (Å²) in [7, 11) is -2.03. The third-order valence-electron chi connectivity index (χ3n) is 2.56. The van der Waals surface area contributed by atoms with Crippen molar-refractivity contribution in [2.24, 2.45) is 5.92 Å². The van der Waals surface area contributed by atoms with Gasteiger partial charge in [0, 0.05) is 11.5 Å². The lowest BCUT2D eigenvalue weighted by molar-refractivity contribution is -0.134. The van der Waals surface area contributed by atoms with Gasteiger partial charge in [0.25, 0.3) is 0 Å². The van der Waals surface area contributed by atoms with Gasteiger partial charge in [-0.3, -0.25) is 0 Å². The fraction of sp³-hybridized carbons (Fsp3) is 0.700. The molecule has 1 saturated carbocycles. The highest BCUT2D eigenvalue weighted by molar-refractivity contribution is 7.94. The molecule has 15 heavy (non-hydrogen) atoms. The predicted molar refractivity (Wildman–Crippen MR) is 56.9 cm³/mol. The number of sulfone groups is 1. The van der Waals surface area contributed by atoms with E-state index in [9.17, 15) is 13.2 Å². The van der Waals surface area contributed by atoms with Gasteiger partial charge in [0.1, 0.15) is 0 Å². The number of esters is 1. The normalized spacial score (nSPS) is 18.5. The summed E-state index contributed by atoms with van der Waals surface area (Å²) < 4.78 is 27.4. The van der Waals surface area contributed by atoms with Crippen LogP contribution in [0.1, 0.15) is 25.7 Å². The van der Waals surface area contributed by atoms with Crippen LogP contribution in [-0.4, -0.2) is 27.2 Å². The lowest BCUT2D eigenvalue weighted by atomic mass is 10.1. The molecule has 1 rings (SSSR count). The van der Waals surface area contributed by atoms with Crippen LogP contribution in [0.4, 0.5) is 0 Å². The van der Waals surface area contributed by atoms with Gasteiger partial charge in [0.05, 0.1) is 12.9 Å². The van der Waals surface area contributed by atoms with Crippen LogP contribution in [-0.2, 0) is 19.4 Å². The second-order valence-electron chi connectivity index (χ2n) is 3.81. The zero-order chi connectivity index (χ0) is 11.3. The van der Waals surface area contributed by atoms with Gasteiger partial charge in [0.15, 0.2) is 9.84 Å². The largest absolute Gasteiger partial charge is 0.466 e. The monoisotopic (exact) mass is 232 g/mol. The van der Waals surface area contributed by atoms with Crippen LogP contribution >= 0.6 is 0 Å². The van der Waals surface area contributed by atoms with Crippen molar-refractivity contribution >= 4 is 15.8 Å². The molecule has 0 spiro atoms. The molecular formula is C10H16O4S. The molecule has 5 heteroatoms. The maximum Gasteiger partial charge on any atom is 0.331 e. The number of methoxy groups -OCH3 is 1. The Kier molecular flexibility index (Phi) is 4.32. The van der Waals surface area contributed by atoms with Crippen molar-refractivity contribution in [2.45, 2.75) is 25.7 Å². The topological polar surface area (TPSA) is 60.4 Å². The molecular weight excluding hydrogens is 216 g/mol. The number of rotatable bonds is 4. The van der Waals surface area contributed by atoms with Crippen molar-refractivity contribution in [1.29, 1.82) is 0 Å². The first-order valence-electron chi connectivity index (χ1n) is 5.02. The Balaban J connectivity index is 2.51. The number of hydrogen-bond donors (Lipinski definition) is 0. The van der Waals surface area contributed by atoms with E-state index in [-0.39, 0.29) is 11.7 Å². The lowest BCUT2D eigenvalue weighted by Gasteiger charge is -2.05. The molecule has 0 atom stereocenters. The number of carbonyl (C=O) groups excluding carboxylic acids is 1. The van der Waals surface area contributed by atoms with Gasteiger partial charge >= 0.3 is 5.97 Å². The Hall–Kier alpha value is -0.840. The zero-order valence-corrected chi connectivity index (χ0v) is 9.63. The van der Waals surface area contributed by atoms with Crippen molar-refractivity contribution in [2.75, 3.05) is 12.9 Å². The molecule has 0 N–H and O–H groups in total. The summed E-state index contributed by atoms with van der Waals surface area (Å²) in [5, 5.41) is 0.956. The molecule has 1 aliphatic carbocycles. The molecule has 0 heterocycles. The van der Waals surface area contributed by atoms with E-state index in [0.717, 1.165) is 37.2 Å². The highest BCUT2D eigenvalue weighted by Crippen LogP contribution is 2.26. The smallest absolute Gasteiger partial charge is 0.331 e. The third kappa shape index (κ3) is 4.46. The van der Waals surface area contributed by atoms with Crippen LogP contribution in [0.2, 0.25) is 0 Å². The van der Waals surface area contributed by atoms with Gasteiger partial charge in [-0.2, -0.15) is 0 Å². The quantitative estimate of drug-likeness (QED) is 0.541. The van der Waals surface area contributed by atoms with E-state index in [2.05, 4.69) is 4.74 Å². The second kappa shape index (κ2) is 5.30. The van der Waals surface area contributed by atoms with Crippen molar-refractivity contribution in [3.63, 3.8) is 0 Å². The molecule has 0 aliphatic heterocycles. The average Bonchev–Trinajstić information content (AvgIpc) is 2.66. The second-order valence-corrected chi connectivity index (χ2v) is 5.74. The molecule has 0 unspecified atom stereocenters. The van der Waals surface area contributed by atoms with E-state index in [1.807, 2.05) is 0 Å². The van der Waals surface area contributed by atoms with Crippen molar-refractivity contribution < 1.29 is 17.9 Å². The Labute approximate surface area is 90.2 Å². The Morgan fingerprint density at radius 3 is 2.53 bits per heavy atom. The molecule has 86 valence electrons. The van der Waals surface area contributed by atoms with Gasteiger partial charge in [-0.05, 0) is 18.8 Å². The minimum Gasteiger partial charge on any atom is -0.466 e. The van der Waals surface area contributed by atoms with Crippen molar-refractivity contribution in [3.8, 4) is 0 Å². The summed E-state index contributed by atoms with van der Waals surface area (Å²) >= 11 is 0. The fourth-order valence-electron chi connectivity index (χ4n) is 1.79. The molecule has 0 aromatic rings. The van der Waals surface area contributed by atoms with Gasteiger partial charge in [-0.25, -0.2) is 13.2 Å². The SMILES string of the molecule is COC(=O)/C=C/S(=O)(=O)CC1CCCC1. The average molecular weight is 232 g/mol. The zero-order valence-electron chi connectivity index (χ0n) is 8.81. The van der Waals surface area contributed by atoms with E-state index in [1.54, 1.807) is 0 Å². The molecule has 0 saturated heterocycles. The van der Waals surface area contributed by atoms with Crippen LogP contribution in [0.25, 0.3) is 0 Å². The molecule has 1 aliphatic rings. The summed E-state index contributed by atoms with van der Waals surface area (Å²) in [6, 6.07) is 0. The van der Waals surface area contributed by atoms with Crippen molar-refractivity contribution in [1.82, 2.24) is 0 Å². The molecule has 0 aromatic heterocycles. The lowest BCUT2D eigenvalue weighted by Crippen LogP contribution is -2.11. The molecule has 0 amide bonds. The predicted octanol–water partition coefficient (Wildman–Crippen LogP) is 1.28. The molecule has 4 nitrogen and oxygen atoms in total. The Morgan fingerprint density at radius 1 is 1.40 bits per heavy atom. The van der Waals surface area contributed by atoms with Crippen LogP contribution in [0.15, 0.2) is 11.5 Å². The fourth-order valence-corrected chi connectivity index (χ4v) is 3.21. The molecule has 0 bridgehead atoms. The summed E-state index contributed by atoms with van der Waals surface area (Å²) in [6.07, 6.45) is 5.14. The van der Waals surface area contributed by atoms with Crippen LogP contribution in [0.5, 0.6) is 0 Å². The summed E-state index contributed by atoms with van der Waals surface area (Å²) in [5.74, 6) is -0.220. The maximum absolute atomic E-state index is 11.5. The molecule has 0 aromatic carbocycles. The van der Waals surface area contributed by atoms with Crippen molar-refractivity contribution in [3.05, 3.63) is 11.5 Å². The Bertz CT molecular complexity index is 336. The van der Waals surface area contributed by atoms with E-state index < -0.39 is 15.8 Å². The van der Waals surface area contributed by atoms with Gasteiger partial charge in [-0.15, -0.1) is 0 Å². The summed E-state index contributed by atoms with van der Waals surface area (Å²) in [4.78, 5) is 10.7. The van der Waals surface area contributed by atoms with E-state index in [4.69, 9.17) is 0 Å². The number of carbonyl (C=O) groups is 1. The maximum atomic E-state index is 11.5. The standard InChI is InChI=1S/C10H16O4S/c1-14-10(11)6-7-15(12,13)8-9-4-2-3-5-9/h6-7,9H,2-5,8H2,1H3/b7-6+. The third-order valence-corrected chi connectivity index (χ3v) is 4.04. The minimum atomic E-state index is -3.25. The van der Waals surface area contributed by atoms with Crippen LogP contribution in [0.3, 0.4) is 0 Å². The van der Waals surface area contributed by atoms with E-state index in [0.29, 0.717) is 0 Å². The van der Waals surface area contributed by atoms with Crippen LogP contribution in [0, 0.1) is 5.92 Å². The van der Waals surface area contributed by atoms with E-state index in [1.165, 1.54) is 7.11 Å². The number of ether oxygens (including phenoxy) is 1. The Morgan fingerprint density at radius 2 is 2.00 bits per heavy atom. The summed E-state index contributed by atoms with van der Waals surface area (Å²) in [5.41, 5.74) is 0. The highest BCUT2D eigenvalue weighted by Gasteiger charge is 2.20. The van der Waals surface area contributed by atoms with Gasteiger partial charge in [-0.1, -0.05) is 12.8 Å². The highest BCUT2D eigenvalue weighted by atomic mass is 32.2. The number of hydrogen-bond acceptors (Lipinski definition) is 4. The minimum absolute atomic E-state index is 0.153. The first-order chi connectivity index (χ1) is 7.03. The van der Waals surface area contributed by atoms with Gasteiger partial charge < -0.3 is 4.74 Å². The first-order valence-corrected chi connectivity index (χ1v) is 6.74. The summed E-state index contributed by atoms with van der Waals surface area (Å²) in [6.45, 7) is 0. The molecule has 1 fully saturated rings. The van der Waals surface area contributed by atoms with E-state index >= 15 is 0 Å². The van der Waals surface area contributed by atoms with Crippen LogP contribution < -0.4 is 0 Å².